The first-order chi connectivity index (χ1) is 13.1. The van der Waals surface area contributed by atoms with Gasteiger partial charge in [0.05, 0.1) is 6.42 Å². The van der Waals surface area contributed by atoms with E-state index in [0.29, 0.717) is 16.3 Å². The molecule has 1 aromatic carbocycles. The van der Waals surface area contributed by atoms with Gasteiger partial charge in [0.1, 0.15) is 5.78 Å². The van der Waals surface area contributed by atoms with Crippen molar-refractivity contribution in [3.63, 3.8) is 0 Å². The molecule has 2 rings (SSSR count). The molecule has 0 unspecified atom stereocenters. The minimum Gasteiger partial charge on any atom is -0.453 e. The van der Waals surface area contributed by atoms with Crippen molar-refractivity contribution in [2.24, 2.45) is 17.8 Å². The number of halogens is 1. The van der Waals surface area contributed by atoms with E-state index in [9.17, 15) is 24.5 Å². The van der Waals surface area contributed by atoms with Crippen LogP contribution in [0.2, 0.25) is 5.02 Å². The molecule has 0 saturated heterocycles. The first kappa shape index (κ1) is 21.8. The summed E-state index contributed by atoms with van der Waals surface area (Å²) >= 11 is 6.01. The quantitative estimate of drug-likeness (QED) is 0.419. The number of anilines is 1. The molecule has 0 bridgehead atoms. The number of hydrogen-bond acceptors (Lipinski definition) is 6. The summed E-state index contributed by atoms with van der Waals surface area (Å²) < 4.78 is 5.15. The maximum atomic E-state index is 12.3. The van der Waals surface area contributed by atoms with Crippen LogP contribution in [-0.4, -0.2) is 35.2 Å². The molecule has 1 N–H and O–H groups in total. The molecular formula is C19H23ClN2O6. The maximum absolute atomic E-state index is 12.3. The van der Waals surface area contributed by atoms with Crippen LogP contribution in [0.1, 0.15) is 32.3 Å². The van der Waals surface area contributed by atoms with Crippen molar-refractivity contribution < 1.29 is 24.0 Å². The Hall–Kier alpha value is -2.48. The lowest BCUT2D eigenvalue weighted by Crippen LogP contribution is -2.32. The highest BCUT2D eigenvalue weighted by Gasteiger charge is 2.44. The molecular weight excluding hydrogens is 388 g/mol. The van der Waals surface area contributed by atoms with Crippen LogP contribution in [0.3, 0.4) is 0 Å². The smallest absolute Gasteiger partial charge is 0.307 e. The molecule has 1 saturated carbocycles. The van der Waals surface area contributed by atoms with Crippen LogP contribution in [0.15, 0.2) is 18.2 Å². The summed E-state index contributed by atoms with van der Waals surface area (Å²) in [6.45, 7) is 4.56. The zero-order valence-corrected chi connectivity index (χ0v) is 16.7. The van der Waals surface area contributed by atoms with Crippen molar-refractivity contribution in [3.05, 3.63) is 38.9 Å². The summed E-state index contributed by atoms with van der Waals surface area (Å²) in [6.07, 6.45) is -1.15. The van der Waals surface area contributed by atoms with E-state index in [2.05, 4.69) is 5.32 Å². The van der Waals surface area contributed by atoms with Gasteiger partial charge in [0.2, 0.25) is 6.54 Å². The number of Topliss-reactive ketones (excluding diaryl/α,β-unsaturated/α-hetero) is 1. The van der Waals surface area contributed by atoms with Gasteiger partial charge in [0.15, 0.2) is 6.10 Å². The third-order valence-electron chi connectivity index (χ3n) is 5.13. The Bertz CT molecular complexity index is 797. The second kappa shape index (κ2) is 9.14. The number of benzene rings is 1. The van der Waals surface area contributed by atoms with E-state index in [1.54, 1.807) is 32.0 Å². The Balaban J connectivity index is 1.95. The number of carbonyl (C=O) groups is 3. The van der Waals surface area contributed by atoms with Gasteiger partial charge in [0, 0.05) is 33.9 Å². The second-order valence-corrected chi connectivity index (χ2v) is 7.58. The molecule has 1 amide bonds. The highest BCUT2D eigenvalue weighted by atomic mass is 35.5. The zero-order chi connectivity index (χ0) is 21.0. The van der Waals surface area contributed by atoms with Gasteiger partial charge in [-0.25, -0.2) is 0 Å². The lowest BCUT2D eigenvalue weighted by Gasteiger charge is -2.19. The molecule has 0 heterocycles. The van der Waals surface area contributed by atoms with Gasteiger partial charge in [-0.05, 0) is 37.5 Å². The minimum atomic E-state index is -1.09. The van der Waals surface area contributed by atoms with Crippen LogP contribution in [0, 0.1) is 34.8 Å². The fraction of sp³-hybridized carbons (Fsp3) is 0.526. The van der Waals surface area contributed by atoms with Crippen LogP contribution in [0.4, 0.5) is 5.69 Å². The molecule has 1 aliphatic carbocycles. The van der Waals surface area contributed by atoms with Gasteiger partial charge in [-0.3, -0.25) is 24.5 Å². The highest BCUT2D eigenvalue weighted by molar-refractivity contribution is 6.31. The van der Waals surface area contributed by atoms with Crippen LogP contribution in [0.5, 0.6) is 0 Å². The number of esters is 1. The van der Waals surface area contributed by atoms with Crippen LogP contribution < -0.4 is 5.32 Å². The Morgan fingerprint density at radius 2 is 2.11 bits per heavy atom. The molecule has 0 radical (unpaired) electrons. The van der Waals surface area contributed by atoms with Crippen molar-refractivity contribution in [2.45, 2.75) is 39.7 Å². The Morgan fingerprint density at radius 1 is 1.43 bits per heavy atom. The number of nitrogens with zero attached hydrogens (tertiary/aromatic N) is 1. The SMILES string of the molecule is Cc1c(Cl)cccc1NC(=O)[C@@H](C)OC(=O)C[C@@H]1C(=O)C[C@@H](C)[C@H]1C[N+](=O)[O-]. The zero-order valence-electron chi connectivity index (χ0n) is 15.9. The van der Waals surface area contributed by atoms with Crippen LogP contribution in [0.25, 0.3) is 0 Å². The summed E-state index contributed by atoms with van der Waals surface area (Å²) in [5.74, 6) is -2.87. The highest BCUT2D eigenvalue weighted by Crippen LogP contribution is 2.36. The van der Waals surface area contributed by atoms with Crippen LogP contribution >= 0.6 is 11.6 Å². The Kier molecular flexibility index (Phi) is 7.12. The fourth-order valence-corrected chi connectivity index (χ4v) is 3.63. The molecule has 9 heteroatoms. The van der Waals surface area contributed by atoms with Gasteiger partial charge in [-0.15, -0.1) is 0 Å². The molecule has 152 valence electrons. The van der Waals surface area contributed by atoms with E-state index in [0.717, 1.165) is 0 Å². The van der Waals surface area contributed by atoms with Gasteiger partial charge in [-0.1, -0.05) is 24.6 Å². The van der Waals surface area contributed by atoms with E-state index >= 15 is 0 Å². The maximum Gasteiger partial charge on any atom is 0.307 e. The third kappa shape index (κ3) is 5.28. The molecule has 0 spiro atoms. The normalized spacial score (nSPS) is 22.6. The molecule has 1 fully saturated rings. The van der Waals surface area contributed by atoms with E-state index in [4.69, 9.17) is 16.3 Å². The fourth-order valence-electron chi connectivity index (χ4n) is 3.46. The number of carbonyl (C=O) groups excluding carboxylic acids is 3. The molecule has 4 atom stereocenters. The molecule has 0 aromatic heterocycles. The van der Waals surface area contributed by atoms with Gasteiger partial charge < -0.3 is 10.1 Å². The molecule has 28 heavy (non-hydrogen) atoms. The molecule has 0 aliphatic heterocycles. The average Bonchev–Trinajstić information content (AvgIpc) is 2.85. The van der Waals surface area contributed by atoms with Gasteiger partial charge >= 0.3 is 5.97 Å². The van der Waals surface area contributed by atoms with Crippen molar-refractivity contribution in [1.29, 1.82) is 0 Å². The summed E-state index contributed by atoms with van der Waals surface area (Å²) in [4.78, 5) is 47.0. The summed E-state index contributed by atoms with van der Waals surface area (Å²) in [6, 6.07) is 5.05. The van der Waals surface area contributed by atoms with Crippen molar-refractivity contribution in [3.8, 4) is 0 Å². The lowest BCUT2D eigenvalue weighted by atomic mass is 9.88. The largest absolute Gasteiger partial charge is 0.453 e. The summed E-state index contributed by atoms with van der Waals surface area (Å²) in [5, 5.41) is 14.0. The van der Waals surface area contributed by atoms with Crippen molar-refractivity contribution in [2.75, 3.05) is 11.9 Å². The average molecular weight is 411 g/mol. The number of rotatable bonds is 7. The van der Waals surface area contributed by atoms with Crippen LogP contribution in [-0.2, 0) is 19.1 Å². The number of nitrogens with one attached hydrogen (secondary N) is 1. The Labute approximate surface area is 167 Å². The monoisotopic (exact) mass is 410 g/mol. The van der Waals surface area contributed by atoms with E-state index in [-0.39, 0.29) is 31.1 Å². The second-order valence-electron chi connectivity index (χ2n) is 7.17. The minimum absolute atomic E-state index is 0.165. The number of ketones is 1. The third-order valence-corrected chi connectivity index (χ3v) is 5.54. The van der Waals surface area contributed by atoms with Crippen molar-refractivity contribution in [1.82, 2.24) is 0 Å². The number of hydrogen-bond donors (Lipinski definition) is 1. The van der Waals surface area contributed by atoms with Gasteiger partial charge in [0.25, 0.3) is 5.91 Å². The van der Waals surface area contributed by atoms with E-state index < -0.39 is 34.7 Å². The standard InChI is InChI=1S/C19H23ClN2O6/c1-10-7-17(23)13(14(10)9-22(26)27)8-18(24)28-12(3)19(25)21-16-6-4-5-15(20)11(16)2/h4-6,10,12-14H,7-9H2,1-3H3,(H,21,25)/t10-,12-,13+,14-/m1/s1. The predicted octanol–water partition coefficient (Wildman–Crippen LogP) is 3.03. The van der Waals surface area contributed by atoms with Crippen molar-refractivity contribution >= 4 is 34.9 Å². The molecule has 1 aliphatic rings. The van der Waals surface area contributed by atoms with E-state index in [1.807, 2.05) is 0 Å². The summed E-state index contributed by atoms with van der Waals surface area (Å²) in [5.41, 5.74) is 1.19. The predicted molar refractivity (Wildman–Crippen MR) is 103 cm³/mol. The molecule has 1 aromatic rings. The number of nitro groups is 1. The molecule has 8 nitrogen and oxygen atoms in total. The number of amides is 1. The number of ether oxygens (including phenoxy) is 1. The van der Waals surface area contributed by atoms with Gasteiger partial charge in [-0.2, -0.15) is 0 Å². The summed E-state index contributed by atoms with van der Waals surface area (Å²) in [7, 11) is 0. The van der Waals surface area contributed by atoms with E-state index in [1.165, 1.54) is 6.92 Å². The lowest BCUT2D eigenvalue weighted by molar-refractivity contribution is -0.490. The first-order valence-corrected chi connectivity index (χ1v) is 9.38. The Morgan fingerprint density at radius 3 is 2.75 bits per heavy atom. The first-order valence-electron chi connectivity index (χ1n) is 9.00. The topological polar surface area (TPSA) is 116 Å².